The van der Waals surface area contributed by atoms with Crippen molar-refractivity contribution in [2.45, 2.75) is 19.8 Å². The third-order valence-corrected chi connectivity index (χ3v) is 3.49. The third kappa shape index (κ3) is 2.56. The molecule has 2 aromatic rings. The van der Waals surface area contributed by atoms with E-state index in [4.69, 9.17) is 0 Å². The number of halogens is 1. The van der Waals surface area contributed by atoms with Gasteiger partial charge in [-0.25, -0.2) is 4.98 Å². The van der Waals surface area contributed by atoms with Gasteiger partial charge in [0.15, 0.2) is 5.82 Å². The summed E-state index contributed by atoms with van der Waals surface area (Å²) in [6, 6.07) is 1.83. The Morgan fingerprint density at radius 3 is 2.88 bits per heavy atom. The molecule has 0 aliphatic rings. The average Bonchev–Trinajstić information content (AvgIpc) is 2.71. The maximum Gasteiger partial charge on any atom is 0.264 e. The fourth-order valence-electron chi connectivity index (χ4n) is 1.57. The summed E-state index contributed by atoms with van der Waals surface area (Å²) in [5.41, 5.74) is 1.44. The minimum absolute atomic E-state index is 0.0929. The number of nitrogens with one attached hydrogen (secondary N) is 1. The van der Waals surface area contributed by atoms with Crippen LogP contribution in [-0.2, 0) is 13.5 Å². The largest absolute Gasteiger partial charge is 0.304 e. The van der Waals surface area contributed by atoms with Crippen LogP contribution < -0.4 is 5.56 Å². The van der Waals surface area contributed by atoms with Crippen LogP contribution in [0.25, 0.3) is 11.5 Å². The lowest BCUT2D eigenvalue weighted by molar-refractivity contribution is 0.766. The molecule has 0 atom stereocenters. The summed E-state index contributed by atoms with van der Waals surface area (Å²) in [5.74, 6) is 0.541. The summed E-state index contributed by atoms with van der Waals surface area (Å²) in [6.45, 7) is 2.07. The third-order valence-electron chi connectivity index (χ3n) is 2.37. The second kappa shape index (κ2) is 4.99. The first kappa shape index (κ1) is 12.3. The van der Waals surface area contributed by atoms with Crippen molar-refractivity contribution in [3.05, 3.63) is 31.9 Å². The van der Waals surface area contributed by atoms with Gasteiger partial charge in [-0.1, -0.05) is 13.3 Å². The lowest BCUT2D eigenvalue weighted by Gasteiger charge is -2.03. The maximum absolute atomic E-state index is 11.8. The van der Waals surface area contributed by atoms with Gasteiger partial charge in [0.05, 0.1) is 9.26 Å². The summed E-state index contributed by atoms with van der Waals surface area (Å²) in [6.07, 6.45) is 3.60. The zero-order valence-electron chi connectivity index (χ0n) is 9.70. The predicted molar refractivity (Wildman–Crippen MR) is 73.8 cm³/mol. The molecule has 5 nitrogen and oxygen atoms in total. The normalized spacial score (nSPS) is 10.8. The zero-order valence-corrected chi connectivity index (χ0v) is 11.9. The zero-order chi connectivity index (χ0) is 12.4. The summed E-state index contributed by atoms with van der Waals surface area (Å²) in [7, 11) is 1.83. The molecule has 0 amide bonds. The molecule has 2 heterocycles. The highest BCUT2D eigenvalue weighted by molar-refractivity contribution is 14.1. The summed E-state index contributed by atoms with van der Waals surface area (Å²) in [5, 5.41) is 4.23. The second-order valence-electron chi connectivity index (χ2n) is 3.80. The summed E-state index contributed by atoms with van der Waals surface area (Å²) < 4.78 is 2.36. The van der Waals surface area contributed by atoms with Crippen molar-refractivity contribution in [2.24, 2.45) is 7.05 Å². The average molecular weight is 344 g/mol. The van der Waals surface area contributed by atoms with Crippen LogP contribution in [0.15, 0.2) is 17.1 Å². The molecule has 0 saturated heterocycles. The van der Waals surface area contributed by atoms with Crippen LogP contribution >= 0.6 is 22.6 Å². The Bertz CT molecular complexity index is 587. The van der Waals surface area contributed by atoms with Crippen LogP contribution in [0.5, 0.6) is 0 Å². The van der Waals surface area contributed by atoms with Crippen molar-refractivity contribution in [3.8, 4) is 11.5 Å². The predicted octanol–water partition coefficient (Wildman–Crippen LogP) is 1.73. The Kier molecular flexibility index (Phi) is 3.60. The van der Waals surface area contributed by atoms with Crippen molar-refractivity contribution >= 4 is 22.6 Å². The van der Waals surface area contributed by atoms with Crippen LogP contribution in [0.2, 0.25) is 0 Å². The number of aryl methyl sites for hydroxylation is 2. The van der Waals surface area contributed by atoms with Gasteiger partial charge in [-0.2, -0.15) is 5.10 Å². The second-order valence-corrected chi connectivity index (χ2v) is 4.88. The van der Waals surface area contributed by atoms with Gasteiger partial charge in [-0.3, -0.25) is 9.48 Å². The molecule has 0 aliphatic heterocycles. The number of aromatic nitrogens is 4. The molecule has 0 saturated carbocycles. The first-order valence-electron chi connectivity index (χ1n) is 5.40. The van der Waals surface area contributed by atoms with Crippen LogP contribution in [-0.4, -0.2) is 19.7 Å². The monoisotopic (exact) mass is 344 g/mol. The maximum atomic E-state index is 11.8. The van der Waals surface area contributed by atoms with Gasteiger partial charge in [-0.15, -0.1) is 0 Å². The fourth-order valence-corrected chi connectivity index (χ4v) is 2.10. The van der Waals surface area contributed by atoms with Gasteiger partial charge in [-0.05, 0) is 35.1 Å². The number of H-pyrrole nitrogens is 1. The van der Waals surface area contributed by atoms with E-state index in [0.717, 1.165) is 18.5 Å². The van der Waals surface area contributed by atoms with E-state index >= 15 is 0 Å². The Hall–Kier alpha value is -1.18. The van der Waals surface area contributed by atoms with Crippen LogP contribution in [0.1, 0.15) is 19.0 Å². The molecule has 0 radical (unpaired) electrons. The molecule has 0 aromatic carbocycles. The van der Waals surface area contributed by atoms with Crippen molar-refractivity contribution in [1.82, 2.24) is 19.7 Å². The van der Waals surface area contributed by atoms with Gasteiger partial charge in [0.2, 0.25) is 0 Å². The van der Waals surface area contributed by atoms with Gasteiger partial charge in [0.25, 0.3) is 5.56 Å². The van der Waals surface area contributed by atoms with E-state index in [9.17, 15) is 4.79 Å². The SMILES string of the molecule is CCCc1nc(-c2ccn(C)n2)[nH]c(=O)c1I. The molecule has 90 valence electrons. The first-order valence-corrected chi connectivity index (χ1v) is 6.48. The standard InChI is InChI=1S/C11H13IN4O/c1-3-4-7-9(12)11(17)14-10(13-7)8-5-6-16(2)15-8/h5-6H,3-4H2,1-2H3,(H,13,14,17). The Morgan fingerprint density at radius 2 is 2.29 bits per heavy atom. The van der Waals surface area contributed by atoms with Crippen molar-refractivity contribution in [2.75, 3.05) is 0 Å². The van der Waals surface area contributed by atoms with Crippen LogP contribution in [0.4, 0.5) is 0 Å². The highest BCUT2D eigenvalue weighted by atomic mass is 127. The van der Waals surface area contributed by atoms with E-state index < -0.39 is 0 Å². The van der Waals surface area contributed by atoms with Crippen molar-refractivity contribution in [1.29, 1.82) is 0 Å². The summed E-state index contributed by atoms with van der Waals surface area (Å²) in [4.78, 5) is 19.0. The Morgan fingerprint density at radius 1 is 1.53 bits per heavy atom. The topological polar surface area (TPSA) is 63.6 Å². The molecule has 6 heteroatoms. The van der Waals surface area contributed by atoms with Crippen molar-refractivity contribution < 1.29 is 0 Å². The molecule has 2 rings (SSSR count). The number of aromatic amines is 1. The molecular weight excluding hydrogens is 331 g/mol. The summed E-state index contributed by atoms with van der Waals surface area (Å²) >= 11 is 2.04. The van der Waals surface area contributed by atoms with Gasteiger partial charge in [0.1, 0.15) is 5.69 Å². The highest BCUT2D eigenvalue weighted by Gasteiger charge is 2.11. The van der Waals surface area contributed by atoms with Gasteiger partial charge < -0.3 is 4.98 Å². The van der Waals surface area contributed by atoms with Crippen LogP contribution in [0.3, 0.4) is 0 Å². The lowest BCUT2D eigenvalue weighted by atomic mass is 10.2. The molecule has 0 fully saturated rings. The van der Waals surface area contributed by atoms with E-state index in [1.165, 1.54) is 0 Å². The van der Waals surface area contributed by atoms with Crippen molar-refractivity contribution in [3.63, 3.8) is 0 Å². The quantitative estimate of drug-likeness (QED) is 0.863. The number of hydrogen-bond acceptors (Lipinski definition) is 3. The molecule has 17 heavy (non-hydrogen) atoms. The molecule has 0 bridgehead atoms. The number of hydrogen-bond donors (Lipinski definition) is 1. The molecule has 0 spiro atoms. The van der Waals surface area contributed by atoms with Gasteiger partial charge in [0, 0.05) is 13.2 Å². The molecule has 2 aromatic heterocycles. The minimum atomic E-state index is -0.0929. The number of rotatable bonds is 3. The van der Waals surface area contributed by atoms with Gasteiger partial charge >= 0.3 is 0 Å². The molecular formula is C11H13IN4O. The van der Waals surface area contributed by atoms with E-state index in [2.05, 4.69) is 22.0 Å². The smallest absolute Gasteiger partial charge is 0.264 e. The lowest BCUT2D eigenvalue weighted by Crippen LogP contribution is -2.16. The molecule has 0 aliphatic carbocycles. The molecule has 1 N–H and O–H groups in total. The van der Waals surface area contributed by atoms with E-state index in [1.54, 1.807) is 4.68 Å². The number of nitrogens with zero attached hydrogens (tertiary/aromatic N) is 3. The molecule has 0 unspecified atom stereocenters. The fraction of sp³-hybridized carbons (Fsp3) is 0.364. The Labute approximate surface area is 112 Å². The van der Waals surface area contributed by atoms with E-state index in [-0.39, 0.29) is 5.56 Å². The van der Waals surface area contributed by atoms with E-state index in [0.29, 0.717) is 15.1 Å². The van der Waals surface area contributed by atoms with E-state index in [1.807, 2.05) is 41.9 Å². The van der Waals surface area contributed by atoms with Crippen LogP contribution in [0, 0.1) is 3.57 Å². The minimum Gasteiger partial charge on any atom is -0.304 e. The highest BCUT2D eigenvalue weighted by Crippen LogP contribution is 2.13. The Balaban J connectivity index is 2.52. The first-order chi connectivity index (χ1) is 8.11.